The van der Waals surface area contributed by atoms with Crippen LogP contribution in [-0.2, 0) is 6.42 Å². The maximum absolute atomic E-state index is 7.62. The minimum Gasteiger partial charge on any atom is -0.497 e. The topological polar surface area (TPSA) is 68.3 Å². The van der Waals surface area contributed by atoms with Crippen LogP contribution in [0.3, 0.4) is 0 Å². The van der Waals surface area contributed by atoms with Crippen LogP contribution < -0.4 is 15.2 Å². The molecule has 0 aliphatic rings. The van der Waals surface area contributed by atoms with Crippen LogP contribution in [0.5, 0.6) is 17.2 Å². The van der Waals surface area contributed by atoms with E-state index in [1.54, 1.807) is 25.3 Å². The van der Waals surface area contributed by atoms with E-state index in [9.17, 15) is 0 Å². The highest BCUT2D eigenvalue weighted by molar-refractivity contribution is 5.97. The molecule has 0 aliphatic heterocycles. The number of methoxy groups -OCH3 is 1. The maximum atomic E-state index is 7.62. The van der Waals surface area contributed by atoms with Crippen molar-refractivity contribution in [2.45, 2.75) is 19.8 Å². The van der Waals surface area contributed by atoms with Gasteiger partial charge in [0.15, 0.2) is 0 Å². The van der Waals surface area contributed by atoms with Crippen molar-refractivity contribution in [1.29, 1.82) is 5.41 Å². The van der Waals surface area contributed by atoms with Crippen LogP contribution in [0.15, 0.2) is 42.5 Å². The van der Waals surface area contributed by atoms with Crippen molar-refractivity contribution < 1.29 is 9.47 Å². The largest absolute Gasteiger partial charge is 0.497 e. The lowest BCUT2D eigenvalue weighted by Crippen LogP contribution is -2.12. The molecule has 2 aromatic carbocycles. The molecule has 0 fully saturated rings. The summed E-state index contributed by atoms with van der Waals surface area (Å²) in [6.07, 6.45) is 2.17. The first kappa shape index (κ1) is 14.9. The Balaban J connectivity index is 2.26. The Labute approximate surface area is 125 Å². The SMILES string of the molecule is CCCc1ccc(Oc2cc(OC)ccc2C(=N)N)cc1. The molecule has 4 heteroatoms. The van der Waals surface area contributed by atoms with E-state index in [0.717, 1.165) is 12.8 Å². The molecule has 0 heterocycles. The lowest BCUT2D eigenvalue weighted by atomic mass is 10.1. The molecule has 21 heavy (non-hydrogen) atoms. The number of nitrogens with one attached hydrogen (secondary N) is 1. The first-order chi connectivity index (χ1) is 10.1. The smallest absolute Gasteiger partial charge is 0.142 e. The first-order valence-electron chi connectivity index (χ1n) is 6.93. The fourth-order valence-corrected chi connectivity index (χ4v) is 2.08. The summed E-state index contributed by atoms with van der Waals surface area (Å²) in [4.78, 5) is 0. The summed E-state index contributed by atoms with van der Waals surface area (Å²) >= 11 is 0. The van der Waals surface area contributed by atoms with Gasteiger partial charge >= 0.3 is 0 Å². The molecule has 0 unspecified atom stereocenters. The monoisotopic (exact) mass is 284 g/mol. The molecule has 0 amide bonds. The highest BCUT2D eigenvalue weighted by Crippen LogP contribution is 2.29. The van der Waals surface area contributed by atoms with Gasteiger partial charge in [-0.1, -0.05) is 25.5 Å². The summed E-state index contributed by atoms with van der Waals surface area (Å²) in [7, 11) is 1.59. The van der Waals surface area contributed by atoms with Gasteiger partial charge in [-0.15, -0.1) is 0 Å². The van der Waals surface area contributed by atoms with Gasteiger partial charge in [-0.2, -0.15) is 0 Å². The van der Waals surface area contributed by atoms with Gasteiger partial charge in [-0.25, -0.2) is 0 Å². The number of ether oxygens (including phenoxy) is 2. The minimum atomic E-state index is -0.0322. The molecule has 0 spiro atoms. The summed E-state index contributed by atoms with van der Waals surface area (Å²) in [5, 5.41) is 7.62. The third-order valence-corrected chi connectivity index (χ3v) is 3.17. The molecular formula is C17H20N2O2. The molecule has 0 atom stereocenters. The number of nitrogen functional groups attached to an aromatic ring is 1. The zero-order valence-electron chi connectivity index (χ0n) is 12.3. The van der Waals surface area contributed by atoms with Crippen molar-refractivity contribution in [2.24, 2.45) is 5.73 Å². The average Bonchev–Trinajstić information content (AvgIpc) is 2.49. The van der Waals surface area contributed by atoms with Crippen LogP contribution in [0.2, 0.25) is 0 Å². The predicted molar refractivity (Wildman–Crippen MR) is 84.5 cm³/mol. The van der Waals surface area contributed by atoms with E-state index in [4.69, 9.17) is 20.6 Å². The van der Waals surface area contributed by atoms with Gasteiger partial charge in [0.05, 0.1) is 12.7 Å². The van der Waals surface area contributed by atoms with Gasteiger partial charge in [0, 0.05) is 6.07 Å². The Kier molecular flexibility index (Phi) is 4.82. The third kappa shape index (κ3) is 3.75. The van der Waals surface area contributed by atoms with E-state index in [1.165, 1.54) is 5.56 Å². The molecule has 0 aromatic heterocycles. The quantitative estimate of drug-likeness (QED) is 0.627. The molecule has 0 bridgehead atoms. The van der Waals surface area contributed by atoms with Crippen molar-refractivity contribution >= 4 is 5.84 Å². The minimum absolute atomic E-state index is 0.0322. The number of amidine groups is 1. The lowest BCUT2D eigenvalue weighted by Gasteiger charge is -2.12. The summed E-state index contributed by atoms with van der Waals surface area (Å²) in [5.74, 6) is 1.86. The first-order valence-corrected chi connectivity index (χ1v) is 6.93. The molecule has 110 valence electrons. The Hall–Kier alpha value is -2.49. The van der Waals surface area contributed by atoms with Crippen molar-refractivity contribution in [3.63, 3.8) is 0 Å². The normalized spacial score (nSPS) is 10.2. The molecule has 0 radical (unpaired) electrons. The van der Waals surface area contributed by atoms with Gasteiger partial charge < -0.3 is 15.2 Å². The number of rotatable bonds is 6. The molecular weight excluding hydrogens is 264 g/mol. The van der Waals surface area contributed by atoms with Crippen LogP contribution in [-0.4, -0.2) is 12.9 Å². The van der Waals surface area contributed by atoms with E-state index in [1.807, 2.05) is 24.3 Å². The van der Waals surface area contributed by atoms with Crippen LogP contribution in [0.25, 0.3) is 0 Å². The van der Waals surface area contributed by atoms with E-state index in [0.29, 0.717) is 22.8 Å². The van der Waals surface area contributed by atoms with E-state index in [-0.39, 0.29) is 5.84 Å². The molecule has 0 saturated carbocycles. The van der Waals surface area contributed by atoms with Gasteiger partial charge in [-0.3, -0.25) is 5.41 Å². The van der Waals surface area contributed by atoms with Crippen molar-refractivity contribution in [3.05, 3.63) is 53.6 Å². The van der Waals surface area contributed by atoms with Crippen LogP contribution >= 0.6 is 0 Å². The van der Waals surface area contributed by atoms with Crippen molar-refractivity contribution in [2.75, 3.05) is 7.11 Å². The molecule has 2 aromatic rings. The van der Waals surface area contributed by atoms with Crippen molar-refractivity contribution in [1.82, 2.24) is 0 Å². The number of benzene rings is 2. The summed E-state index contributed by atoms with van der Waals surface area (Å²) in [5.41, 5.74) is 7.42. The van der Waals surface area contributed by atoms with Crippen LogP contribution in [0.1, 0.15) is 24.5 Å². The van der Waals surface area contributed by atoms with Gasteiger partial charge in [0.1, 0.15) is 23.1 Å². The Morgan fingerprint density at radius 2 is 1.76 bits per heavy atom. The lowest BCUT2D eigenvalue weighted by molar-refractivity contribution is 0.409. The molecule has 4 nitrogen and oxygen atoms in total. The zero-order chi connectivity index (χ0) is 15.2. The number of hydrogen-bond donors (Lipinski definition) is 2. The Bertz CT molecular complexity index is 621. The highest BCUT2D eigenvalue weighted by atomic mass is 16.5. The van der Waals surface area contributed by atoms with Gasteiger partial charge in [-0.05, 0) is 36.2 Å². The fraction of sp³-hybridized carbons (Fsp3) is 0.235. The van der Waals surface area contributed by atoms with Crippen LogP contribution in [0, 0.1) is 5.41 Å². The van der Waals surface area contributed by atoms with E-state index < -0.39 is 0 Å². The predicted octanol–water partition coefficient (Wildman–Crippen LogP) is 3.72. The molecule has 3 N–H and O–H groups in total. The fourth-order valence-electron chi connectivity index (χ4n) is 2.08. The second-order valence-corrected chi connectivity index (χ2v) is 4.77. The molecule has 0 saturated heterocycles. The highest BCUT2D eigenvalue weighted by Gasteiger charge is 2.09. The zero-order valence-corrected chi connectivity index (χ0v) is 12.3. The second-order valence-electron chi connectivity index (χ2n) is 4.77. The standard InChI is InChI=1S/C17H20N2O2/c1-3-4-12-5-7-13(8-6-12)21-16-11-14(20-2)9-10-15(16)17(18)19/h5-11H,3-4H2,1-2H3,(H3,18,19). The molecule has 2 rings (SSSR count). The van der Waals surface area contributed by atoms with E-state index in [2.05, 4.69) is 6.92 Å². The van der Waals surface area contributed by atoms with Crippen LogP contribution in [0.4, 0.5) is 0 Å². The number of aryl methyl sites for hydroxylation is 1. The summed E-state index contributed by atoms with van der Waals surface area (Å²) in [6, 6.07) is 13.2. The number of hydrogen-bond acceptors (Lipinski definition) is 3. The third-order valence-electron chi connectivity index (χ3n) is 3.17. The number of nitrogens with two attached hydrogens (primary N) is 1. The average molecular weight is 284 g/mol. The Morgan fingerprint density at radius 1 is 1.10 bits per heavy atom. The van der Waals surface area contributed by atoms with Gasteiger partial charge in [0.25, 0.3) is 0 Å². The van der Waals surface area contributed by atoms with Crippen molar-refractivity contribution in [3.8, 4) is 17.2 Å². The summed E-state index contributed by atoms with van der Waals surface area (Å²) in [6.45, 7) is 2.15. The second kappa shape index (κ2) is 6.79. The van der Waals surface area contributed by atoms with Gasteiger partial charge in [0.2, 0.25) is 0 Å². The summed E-state index contributed by atoms with van der Waals surface area (Å²) < 4.78 is 11.0. The Morgan fingerprint density at radius 3 is 2.33 bits per heavy atom. The molecule has 0 aliphatic carbocycles. The maximum Gasteiger partial charge on any atom is 0.142 e. The van der Waals surface area contributed by atoms with E-state index >= 15 is 0 Å².